The van der Waals surface area contributed by atoms with Gasteiger partial charge in [-0.25, -0.2) is 0 Å². The number of nitrogens with zero attached hydrogens (tertiary/aromatic N) is 2. The predicted octanol–water partition coefficient (Wildman–Crippen LogP) is 0.784. The van der Waals surface area contributed by atoms with Crippen LogP contribution in [-0.4, -0.2) is 26.6 Å². The molecule has 1 aliphatic heterocycles. The van der Waals surface area contributed by atoms with Crippen molar-refractivity contribution in [3.05, 3.63) is 49.4 Å². The Kier molecular flexibility index (Phi) is 2.82. The Bertz CT molecular complexity index is 1080. The topological polar surface area (TPSA) is 123 Å². The van der Waals surface area contributed by atoms with Gasteiger partial charge in [-0.2, -0.15) is 5.10 Å². The van der Waals surface area contributed by atoms with Gasteiger partial charge in [-0.05, 0) is 40.8 Å². The second-order valence-corrected chi connectivity index (χ2v) is 6.09. The number of H-pyrrole nitrogens is 1. The number of rotatable bonds is 1. The van der Waals surface area contributed by atoms with Crippen molar-refractivity contribution in [2.24, 2.45) is 0 Å². The normalized spacial score (nSPS) is 13.4. The van der Waals surface area contributed by atoms with Crippen LogP contribution in [0.1, 0.15) is 20.7 Å². The van der Waals surface area contributed by atoms with E-state index in [1.807, 2.05) is 0 Å². The third-order valence-corrected chi connectivity index (χ3v) is 4.53. The maximum Gasteiger partial charge on any atom is 0.262 e. The van der Waals surface area contributed by atoms with Crippen LogP contribution in [0.5, 0.6) is 0 Å². The van der Waals surface area contributed by atoms with Gasteiger partial charge < -0.3 is 5.73 Å². The minimum atomic E-state index is -0.613. The van der Waals surface area contributed by atoms with Crippen molar-refractivity contribution in [3.63, 3.8) is 0 Å². The molecule has 23 heavy (non-hydrogen) atoms. The molecular weight excluding hydrogens is 413 g/mol. The number of carbonyl (C=O) groups excluding carboxylic acids is 2. The second kappa shape index (κ2) is 4.65. The number of pyridine rings is 1. The summed E-state index contributed by atoms with van der Waals surface area (Å²) in [5, 5.41) is 10.0. The molecule has 9 heteroatoms. The molecule has 2 aromatic heterocycles. The number of hydrogen-bond donors (Lipinski definition) is 3. The number of imide groups is 1. The first-order valence-corrected chi connectivity index (χ1v) is 7.60. The highest BCUT2D eigenvalue weighted by molar-refractivity contribution is 14.1. The molecule has 0 saturated heterocycles. The second-order valence-electron chi connectivity index (χ2n) is 5.01. The van der Waals surface area contributed by atoms with Crippen molar-refractivity contribution in [1.82, 2.24) is 20.1 Å². The van der Waals surface area contributed by atoms with E-state index in [0.29, 0.717) is 11.2 Å². The van der Waals surface area contributed by atoms with Gasteiger partial charge in [0.25, 0.3) is 17.4 Å². The van der Waals surface area contributed by atoms with Gasteiger partial charge in [0.2, 0.25) is 0 Å². The maximum absolute atomic E-state index is 12.4. The van der Waals surface area contributed by atoms with Crippen LogP contribution < -0.4 is 16.6 Å². The molecule has 4 N–H and O–H groups in total. The molecule has 0 atom stereocenters. The van der Waals surface area contributed by atoms with Gasteiger partial charge in [-0.3, -0.25) is 29.4 Å². The average molecular weight is 421 g/mol. The van der Waals surface area contributed by atoms with Crippen LogP contribution in [0.2, 0.25) is 0 Å². The summed E-state index contributed by atoms with van der Waals surface area (Å²) in [5.74, 6) is -1.29. The van der Waals surface area contributed by atoms with E-state index in [1.54, 1.807) is 18.2 Å². The Balaban J connectivity index is 2.02. The van der Waals surface area contributed by atoms with Crippen LogP contribution >= 0.6 is 22.6 Å². The van der Waals surface area contributed by atoms with Crippen molar-refractivity contribution in [3.8, 4) is 5.69 Å². The fourth-order valence-corrected chi connectivity index (χ4v) is 3.23. The summed E-state index contributed by atoms with van der Waals surface area (Å²) in [7, 11) is 0. The number of aromatic amines is 1. The highest BCUT2D eigenvalue weighted by Crippen LogP contribution is 2.25. The van der Waals surface area contributed by atoms with E-state index in [2.05, 4.69) is 38.1 Å². The number of nitrogens with one attached hydrogen (secondary N) is 2. The maximum atomic E-state index is 12.4. The molecule has 0 unspecified atom stereocenters. The van der Waals surface area contributed by atoms with Gasteiger partial charge in [-0.15, -0.1) is 0 Å². The number of benzene rings is 1. The zero-order chi connectivity index (χ0) is 16.3. The lowest BCUT2D eigenvalue weighted by atomic mass is 10.1. The van der Waals surface area contributed by atoms with Crippen molar-refractivity contribution in [2.75, 3.05) is 5.73 Å². The van der Waals surface area contributed by atoms with E-state index >= 15 is 0 Å². The molecule has 0 spiro atoms. The largest absolute Gasteiger partial charge is 0.384 e. The molecule has 1 aliphatic rings. The zero-order valence-corrected chi connectivity index (χ0v) is 13.5. The number of aromatic nitrogens is 3. The lowest BCUT2D eigenvalue weighted by Crippen LogP contribution is -2.24. The molecule has 4 rings (SSSR count). The number of fused-ring (bicyclic) bond motifs is 2. The van der Waals surface area contributed by atoms with E-state index in [9.17, 15) is 14.4 Å². The van der Waals surface area contributed by atoms with Gasteiger partial charge >= 0.3 is 0 Å². The zero-order valence-electron chi connectivity index (χ0n) is 11.4. The summed E-state index contributed by atoms with van der Waals surface area (Å²) in [6, 6.07) is 6.32. The smallest absolute Gasteiger partial charge is 0.262 e. The third-order valence-electron chi connectivity index (χ3n) is 3.70. The number of anilines is 1. The van der Waals surface area contributed by atoms with E-state index in [-0.39, 0.29) is 16.9 Å². The summed E-state index contributed by atoms with van der Waals surface area (Å²) >= 11 is 2.12. The summed E-state index contributed by atoms with van der Waals surface area (Å²) in [6.07, 6.45) is 0. The molecule has 0 aliphatic carbocycles. The van der Waals surface area contributed by atoms with Gasteiger partial charge in [0.1, 0.15) is 9.52 Å². The fraction of sp³-hybridized carbons (Fsp3) is 0. The molecule has 3 heterocycles. The van der Waals surface area contributed by atoms with Gasteiger partial charge in [-0.1, -0.05) is 0 Å². The molecule has 2 amide bonds. The first-order valence-electron chi connectivity index (χ1n) is 6.52. The molecule has 8 nitrogen and oxygen atoms in total. The lowest BCUT2D eigenvalue weighted by Gasteiger charge is -2.11. The van der Waals surface area contributed by atoms with Crippen LogP contribution in [0.15, 0.2) is 29.1 Å². The lowest BCUT2D eigenvalue weighted by molar-refractivity contribution is 0.0880. The Morgan fingerprint density at radius 1 is 1.13 bits per heavy atom. The molecule has 0 bridgehead atoms. The highest BCUT2D eigenvalue weighted by atomic mass is 127. The SMILES string of the molecule is Nc1c2c(cc(=O)n1-c1ccc3c(I)[nH]nc3c1)C(=O)NC2=O. The first kappa shape index (κ1) is 13.9. The molecule has 0 saturated carbocycles. The van der Waals surface area contributed by atoms with Crippen LogP contribution in [0.25, 0.3) is 16.6 Å². The Labute approximate surface area is 141 Å². The average Bonchev–Trinajstić information content (AvgIpc) is 3.00. The quantitative estimate of drug-likeness (QED) is 0.396. The minimum Gasteiger partial charge on any atom is -0.384 e. The summed E-state index contributed by atoms with van der Waals surface area (Å²) < 4.78 is 2.07. The minimum absolute atomic E-state index is 0.00384. The summed E-state index contributed by atoms with van der Waals surface area (Å²) in [5.41, 5.74) is 6.66. The Morgan fingerprint density at radius 3 is 2.70 bits per heavy atom. The summed E-state index contributed by atoms with van der Waals surface area (Å²) in [6.45, 7) is 0. The van der Waals surface area contributed by atoms with Gasteiger partial charge in [0, 0.05) is 11.5 Å². The molecule has 1 aromatic carbocycles. The monoisotopic (exact) mass is 421 g/mol. The van der Waals surface area contributed by atoms with Crippen LogP contribution in [-0.2, 0) is 0 Å². The number of carbonyl (C=O) groups is 2. The molecule has 0 radical (unpaired) electrons. The Morgan fingerprint density at radius 2 is 1.91 bits per heavy atom. The predicted molar refractivity (Wildman–Crippen MR) is 90.6 cm³/mol. The van der Waals surface area contributed by atoms with E-state index in [1.165, 1.54) is 4.57 Å². The van der Waals surface area contributed by atoms with Gasteiger partial charge in [0.15, 0.2) is 0 Å². The number of hydrogen-bond acceptors (Lipinski definition) is 5. The van der Waals surface area contributed by atoms with Crippen LogP contribution in [0.4, 0.5) is 5.82 Å². The molecule has 3 aromatic rings. The number of nitrogen functional groups attached to an aromatic ring is 1. The Hall–Kier alpha value is -2.69. The van der Waals surface area contributed by atoms with E-state index in [0.717, 1.165) is 15.2 Å². The standard InChI is InChI=1S/C14H8IN5O3/c15-11-6-2-1-5(3-8(6)18-19-11)20-9(21)4-7-10(12(20)16)14(23)17-13(7)22/h1-4H,16H2,(H,18,19)(H,17,22,23). The third kappa shape index (κ3) is 1.89. The van der Waals surface area contributed by atoms with Crippen molar-refractivity contribution < 1.29 is 9.59 Å². The molecule has 114 valence electrons. The summed E-state index contributed by atoms with van der Waals surface area (Å²) in [4.78, 5) is 35.9. The van der Waals surface area contributed by atoms with Crippen molar-refractivity contribution in [2.45, 2.75) is 0 Å². The van der Waals surface area contributed by atoms with Crippen LogP contribution in [0.3, 0.4) is 0 Å². The van der Waals surface area contributed by atoms with E-state index < -0.39 is 17.4 Å². The molecular formula is C14H8IN5O3. The fourth-order valence-electron chi connectivity index (χ4n) is 2.65. The first-order chi connectivity index (χ1) is 11.0. The number of amides is 2. The van der Waals surface area contributed by atoms with Crippen LogP contribution in [0, 0.1) is 3.70 Å². The number of nitrogens with two attached hydrogens (primary N) is 1. The highest BCUT2D eigenvalue weighted by Gasteiger charge is 2.31. The van der Waals surface area contributed by atoms with E-state index in [4.69, 9.17) is 5.73 Å². The molecule has 0 fully saturated rings. The van der Waals surface area contributed by atoms with Crippen molar-refractivity contribution in [1.29, 1.82) is 0 Å². The van der Waals surface area contributed by atoms with Crippen molar-refractivity contribution >= 4 is 51.1 Å². The van der Waals surface area contributed by atoms with Gasteiger partial charge in [0.05, 0.1) is 22.3 Å². The number of halogens is 1.